The highest BCUT2D eigenvalue weighted by Gasteiger charge is 2.18. The van der Waals surface area contributed by atoms with Crippen LogP contribution in [0.2, 0.25) is 0 Å². The highest BCUT2D eigenvalue weighted by Crippen LogP contribution is 2.36. The molecule has 0 radical (unpaired) electrons. The van der Waals surface area contributed by atoms with Gasteiger partial charge in [-0.1, -0.05) is 15.9 Å². The number of benzene rings is 1. The van der Waals surface area contributed by atoms with Crippen LogP contribution in [0.15, 0.2) is 10.5 Å². The van der Waals surface area contributed by atoms with Crippen molar-refractivity contribution in [2.45, 2.75) is 13.3 Å². The summed E-state index contributed by atoms with van der Waals surface area (Å²) in [7, 11) is 1.32. The SMILES string of the molecule is COc1cc(Br)c(CC(C)=O)c(F)c1O. The molecule has 0 aliphatic carbocycles. The average Bonchev–Trinajstić information content (AvgIpc) is 2.18. The van der Waals surface area contributed by atoms with E-state index in [2.05, 4.69) is 15.9 Å². The van der Waals surface area contributed by atoms with E-state index in [9.17, 15) is 14.3 Å². The molecule has 0 spiro atoms. The number of carbonyl (C=O) groups excluding carboxylic acids is 1. The van der Waals surface area contributed by atoms with Gasteiger partial charge in [-0.25, -0.2) is 4.39 Å². The number of hydrogen-bond donors (Lipinski definition) is 1. The van der Waals surface area contributed by atoms with Crippen LogP contribution >= 0.6 is 15.9 Å². The quantitative estimate of drug-likeness (QED) is 0.923. The fourth-order valence-electron chi connectivity index (χ4n) is 1.19. The lowest BCUT2D eigenvalue weighted by molar-refractivity contribution is -0.116. The van der Waals surface area contributed by atoms with E-state index in [0.29, 0.717) is 4.47 Å². The number of aromatic hydroxyl groups is 1. The molecule has 0 bridgehead atoms. The van der Waals surface area contributed by atoms with Gasteiger partial charge in [0.15, 0.2) is 17.3 Å². The molecule has 0 aliphatic heterocycles. The fraction of sp³-hybridized carbons (Fsp3) is 0.300. The first-order valence-electron chi connectivity index (χ1n) is 4.20. The largest absolute Gasteiger partial charge is 0.502 e. The third-order valence-electron chi connectivity index (χ3n) is 1.90. The highest BCUT2D eigenvalue weighted by molar-refractivity contribution is 9.10. The maximum absolute atomic E-state index is 13.6. The molecule has 0 atom stereocenters. The predicted octanol–water partition coefficient (Wildman–Crippen LogP) is 2.43. The van der Waals surface area contributed by atoms with Crippen molar-refractivity contribution in [2.24, 2.45) is 0 Å². The standard InChI is InChI=1S/C10H10BrFO3/c1-5(13)3-6-7(11)4-8(15-2)10(14)9(6)12/h4,14H,3H2,1-2H3. The van der Waals surface area contributed by atoms with E-state index in [0.717, 1.165) is 0 Å². The smallest absolute Gasteiger partial charge is 0.194 e. The van der Waals surface area contributed by atoms with Gasteiger partial charge in [0.05, 0.1) is 7.11 Å². The van der Waals surface area contributed by atoms with Crippen molar-refractivity contribution in [1.29, 1.82) is 0 Å². The fourth-order valence-corrected chi connectivity index (χ4v) is 1.72. The summed E-state index contributed by atoms with van der Waals surface area (Å²) in [6.07, 6.45) is -0.0655. The van der Waals surface area contributed by atoms with Crippen molar-refractivity contribution in [3.05, 3.63) is 21.9 Å². The second-order valence-corrected chi connectivity index (χ2v) is 3.93. The van der Waals surface area contributed by atoms with E-state index in [1.807, 2.05) is 0 Å². The Morgan fingerprint density at radius 1 is 1.67 bits per heavy atom. The van der Waals surface area contributed by atoms with Gasteiger partial charge in [0.25, 0.3) is 0 Å². The maximum Gasteiger partial charge on any atom is 0.194 e. The first-order valence-corrected chi connectivity index (χ1v) is 5.00. The molecule has 1 rings (SSSR count). The van der Waals surface area contributed by atoms with Gasteiger partial charge in [-0.05, 0) is 13.0 Å². The van der Waals surface area contributed by atoms with Crippen molar-refractivity contribution in [3.8, 4) is 11.5 Å². The van der Waals surface area contributed by atoms with Gasteiger partial charge in [0.2, 0.25) is 0 Å². The van der Waals surface area contributed by atoms with E-state index in [1.54, 1.807) is 0 Å². The summed E-state index contributed by atoms with van der Waals surface area (Å²) in [6.45, 7) is 1.35. The summed E-state index contributed by atoms with van der Waals surface area (Å²) in [5, 5.41) is 9.38. The Hall–Kier alpha value is -1.10. The third kappa shape index (κ3) is 2.47. The molecule has 0 fully saturated rings. The highest BCUT2D eigenvalue weighted by atomic mass is 79.9. The van der Waals surface area contributed by atoms with Crippen LogP contribution in [-0.4, -0.2) is 18.0 Å². The summed E-state index contributed by atoms with van der Waals surface area (Å²) in [4.78, 5) is 10.9. The molecule has 15 heavy (non-hydrogen) atoms. The first kappa shape index (κ1) is 12.0. The second kappa shape index (κ2) is 4.61. The van der Waals surface area contributed by atoms with Gasteiger partial charge in [-0.15, -0.1) is 0 Å². The summed E-state index contributed by atoms with van der Waals surface area (Å²) in [5.41, 5.74) is 0.140. The summed E-state index contributed by atoms with van der Waals surface area (Å²) >= 11 is 3.12. The monoisotopic (exact) mass is 276 g/mol. The van der Waals surface area contributed by atoms with Crippen molar-refractivity contribution >= 4 is 21.7 Å². The molecule has 82 valence electrons. The molecular formula is C10H10BrFO3. The summed E-state index contributed by atoms with van der Waals surface area (Å²) in [6, 6.07) is 1.43. The van der Waals surface area contributed by atoms with Crippen LogP contribution in [0.1, 0.15) is 12.5 Å². The normalized spacial score (nSPS) is 10.1. The Labute approximate surface area is 95.0 Å². The van der Waals surface area contributed by atoms with E-state index in [4.69, 9.17) is 4.74 Å². The lowest BCUT2D eigenvalue weighted by atomic mass is 10.1. The average molecular weight is 277 g/mol. The van der Waals surface area contributed by atoms with Crippen LogP contribution in [0, 0.1) is 5.82 Å². The van der Waals surface area contributed by atoms with Crippen molar-refractivity contribution < 1.29 is 19.0 Å². The number of ether oxygens (including phenoxy) is 1. The Bertz CT molecular complexity index is 404. The molecule has 0 amide bonds. The number of rotatable bonds is 3. The van der Waals surface area contributed by atoms with Crippen molar-refractivity contribution in [3.63, 3.8) is 0 Å². The molecule has 5 heteroatoms. The van der Waals surface area contributed by atoms with Gasteiger partial charge in [0.1, 0.15) is 5.78 Å². The van der Waals surface area contributed by atoms with E-state index < -0.39 is 11.6 Å². The van der Waals surface area contributed by atoms with Crippen LogP contribution in [0.3, 0.4) is 0 Å². The Balaban J connectivity index is 3.29. The maximum atomic E-state index is 13.6. The molecule has 1 N–H and O–H groups in total. The Morgan fingerprint density at radius 3 is 2.73 bits per heavy atom. The number of methoxy groups -OCH3 is 1. The molecule has 0 aliphatic rings. The molecule has 3 nitrogen and oxygen atoms in total. The zero-order chi connectivity index (χ0) is 11.6. The molecule has 0 unspecified atom stereocenters. The minimum Gasteiger partial charge on any atom is -0.502 e. The van der Waals surface area contributed by atoms with Crippen LogP contribution in [0.5, 0.6) is 11.5 Å². The number of ketones is 1. The minimum absolute atomic E-state index is 0.0340. The lowest BCUT2D eigenvalue weighted by Gasteiger charge is -2.09. The van der Waals surface area contributed by atoms with Gasteiger partial charge >= 0.3 is 0 Å². The molecular weight excluding hydrogens is 267 g/mol. The van der Waals surface area contributed by atoms with Gasteiger partial charge in [0, 0.05) is 16.5 Å². The summed E-state index contributed by atoms with van der Waals surface area (Å²) in [5.74, 6) is -1.54. The van der Waals surface area contributed by atoms with Crippen LogP contribution in [0.25, 0.3) is 0 Å². The third-order valence-corrected chi connectivity index (χ3v) is 2.61. The van der Waals surface area contributed by atoms with Gasteiger partial charge in [-0.3, -0.25) is 4.79 Å². The Morgan fingerprint density at radius 2 is 2.27 bits per heavy atom. The number of halogens is 2. The molecule has 0 saturated carbocycles. The molecule has 1 aromatic rings. The van der Waals surface area contributed by atoms with E-state index in [-0.39, 0.29) is 23.5 Å². The summed E-state index contributed by atoms with van der Waals surface area (Å²) < 4.78 is 18.7. The Kier molecular flexibility index (Phi) is 3.68. The second-order valence-electron chi connectivity index (χ2n) is 3.08. The molecule has 0 saturated heterocycles. The van der Waals surface area contributed by atoms with E-state index in [1.165, 1.54) is 20.1 Å². The number of hydrogen-bond acceptors (Lipinski definition) is 3. The molecule has 1 aromatic carbocycles. The minimum atomic E-state index is -0.823. The van der Waals surface area contributed by atoms with Gasteiger partial charge < -0.3 is 9.84 Å². The number of carbonyl (C=O) groups is 1. The topological polar surface area (TPSA) is 46.5 Å². The molecule has 0 heterocycles. The lowest BCUT2D eigenvalue weighted by Crippen LogP contribution is -2.02. The number of phenolic OH excluding ortho intramolecular Hbond substituents is 1. The number of Topliss-reactive ketones (excluding diaryl/α,β-unsaturated/α-hetero) is 1. The predicted molar refractivity (Wildman–Crippen MR) is 56.7 cm³/mol. The van der Waals surface area contributed by atoms with Crippen molar-refractivity contribution in [1.82, 2.24) is 0 Å². The molecule has 0 aromatic heterocycles. The zero-order valence-corrected chi connectivity index (χ0v) is 9.89. The van der Waals surface area contributed by atoms with Crippen molar-refractivity contribution in [2.75, 3.05) is 7.11 Å². The first-order chi connectivity index (χ1) is 6.97. The zero-order valence-electron chi connectivity index (χ0n) is 8.30. The van der Waals surface area contributed by atoms with Crippen LogP contribution < -0.4 is 4.74 Å². The van der Waals surface area contributed by atoms with Crippen LogP contribution in [-0.2, 0) is 11.2 Å². The van der Waals surface area contributed by atoms with Gasteiger partial charge in [-0.2, -0.15) is 0 Å². The van der Waals surface area contributed by atoms with E-state index >= 15 is 0 Å². The van der Waals surface area contributed by atoms with Crippen LogP contribution in [0.4, 0.5) is 4.39 Å². The number of phenols is 1.